The highest BCUT2D eigenvalue weighted by molar-refractivity contribution is 8.12. The fourth-order valence-corrected chi connectivity index (χ4v) is 1.49. The van der Waals surface area contributed by atoms with Crippen LogP contribution in [-0.2, 0) is 0 Å². The van der Waals surface area contributed by atoms with Crippen LogP contribution in [-0.4, -0.2) is 33.1 Å². The van der Waals surface area contributed by atoms with Crippen molar-refractivity contribution >= 4 is 23.0 Å². The van der Waals surface area contributed by atoms with Gasteiger partial charge in [0.2, 0.25) is 0 Å². The maximum Gasteiger partial charge on any atom is 0.137 e. The molecule has 16 heavy (non-hydrogen) atoms. The number of rotatable bonds is 5. The van der Waals surface area contributed by atoms with Gasteiger partial charge in [-0.3, -0.25) is 9.98 Å². The minimum absolute atomic E-state index is 0.0562. The summed E-state index contributed by atoms with van der Waals surface area (Å²) < 4.78 is 0. The molecule has 86 valence electrons. The quantitative estimate of drug-likeness (QED) is 0.582. The molecule has 1 aromatic heterocycles. The maximum absolute atomic E-state index is 4.44. The van der Waals surface area contributed by atoms with Gasteiger partial charge in [-0.05, 0) is 19.6 Å². The minimum Gasteiger partial charge on any atom is -0.263 e. The highest BCUT2D eigenvalue weighted by atomic mass is 32.2. The Morgan fingerprint density at radius 2 is 2.19 bits per heavy atom. The average molecular weight is 236 g/mol. The van der Waals surface area contributed by atoms with Crippen LogP contribution >= 0.6 is 11.8 Å². The summed E-state index contributed by atoms with van der Waals surface area (Å²) in [5, 5.41) is 0. The van der Waals surface area contributed by atoms with Gasteiger partial charge in [0.05, 0.1) is 5.55 Å². The van der Waals surface area contributed by atoms with Crippen LogP contribution in [0.3, 0.4) is 0 Å². The molecule has 0 bridgehead atoms. The van der Waals surface area contributed by atoms with Crippen molar-refractivity contribution in [2.24, 2.45) is 9.98 Å². The Morgan fingerprint density at radius 1 is 1.50 bits per heavy atom. The first kappa shape index (κ1) is 12.8. The number of thioether (sulfide) groups is 1. The summed E-state index contributed by atoms with van der Waals surface area (Å²) in [5.74, 6) is 1.03. The molecule has 5 heteroatoms. The third-order valence-corrected chi connectivity index (χ3v) is 2.48. The molecular formula is C11H16N4S. The van der Waals surface area contributed by atoms with Crippen LogP contribution in [0.1, 0.15) is 26.3 Å². The summed E-state index contributed by atoms with van der Waals surface area (Å²) in [6, 6.07) is 0. The van der Waals surface area contributed by atoms with Gasteiger partial charge in [-0.2, -0.15) is 0 Å². The molecule has 1 atom stereocenters. The molecule has 4 nitrogen and oxygen atoms in total. The largest absolute Gasteiger partial charge is 0.263 e. The van der Waals surface area contributed by atoms with E-state index in [-0.39, 0.29) is 6.17 Å². The normalized spacial score (nSPS) is 14.3. The predicted octanol–water partition coefficient (Wildman–Crippen LogP) is 2.41. The second-order valence-corrected chi connectivity index (χ2v) is 4.30. The van der Waals surface area contributed by atoms with Crippen molar-refractivity contribution in [2.45, 2.75) is 26.9 Å². The summed E-state index contributed by atoms with van der Waals surface area (Å²) in [6.07, 6.45) is 4.96. The van der Waals surface area contributed by atoms with Crippen molar-refractivity contribution in [3.05, 3.63) is 24.3 Å². The molecule has 0 amide bonds. The lowest BCUT2D eigenvalue weighted by atomic mass is 10.2. The monoisotopic (exact) mass is 236 g/mol. The topological polar surface area (TPSA) is 50.5 Å². The first-order chi connectivity index (χ1) is 7.74. The van der Waals surface area contributed by atoms with Crippen molar-refractivity contribution < 1.29 is 0 Å². The molecule has 0 aliphatic carbocycles. The predicted molar refractivity (Wildman–Crippen MR) is 70.3 cm³/mol. The van der Waals surface area contributed by atoms with Crippen LogP contribution in [0.25, 0.3) is 0 Å². The highest BCUT2D eigenvalue weighted by Crippen LogP contribution is 2.02. The van der Waals surface area contributed by atoms with Gasteiger partial charge in [0.15, 0.2) is 0 Å². The van der Waals surface area contributed by atoms with Crippen LogP contribution < -0.4 is 0 Å². The number of hydrogen-bond donors (Lipinski definition) is 0. The van der Waals surface area contributed by atoms with Gasteiger partial charge in [0.25, 0.3) is 0 Å². The number of aromatic nitrogens is 2. The van der Waals surface area contributed by atoms with E-state index >= 15 is 0 Å². The Hall–Kier alpha value is -1.23. The smallest absolute Gasteiger partial charge is 0.137 e. The van der Waals surface area contributed by atoms with Crippen molar-refractivity contribution in [3.8, 4) is 0 Å². The van der Waals surface area contributed by atoms with Gasteiger partial charge >= 0.3 is 0 Å². The van der Waals surface area contributed by atoms with Crippen LogP contribution in [0.2, 0.25) is 0 Å². The van der Waals surface area contributed by atoms with Crippen molar-refractivity contribution in [2.75, 3.05) is 5.75 Å². The maximum atomic E-state index is 4.44. The summed E-state index contributed by atoms with van der Waals surface area (Å²) in [6.45, 7) is 5.99. The standard InChI is InChI=1S/C11H16N4S/c1-4-16-8-14-10(3)15-9(2)11-5-12-7-13-6-11/h5-8,10H,4H2,1-3H3. The van der Waals surface area contributed by atoms with Crippen LogP contribution in [0.15, 0.2) is 28.7 Å². The van der Waals surface area contributed by atoms with Gasteiger partial charge in [-0.1, -0.05) is 6.92 Å². The molecule has 0 saturated heterocycles. The molecule has 0 fully saturated rings. The Kier molecular flexibility index (Phi) is 5.71. The molecule has 1 rings (SSSR count). The summed E-state index contributed by atoms with van der Waals surface area (Å²) >= 11 is 1.67. The summed E-state index contributed by atoms with van der Waals surface area (Å²) in [4.78, 5) is 16.6. The second-order valence-electron chi connectivity index (χ2n) is 3.18. The molecule has 0 radical (unpaired) electrons. The number of hydrogen-bond acceptors (Lipinski definition) is 5. The molecule has 0 aromatic carbocycles. The van der Waals surface area contributed by atoms with Crippen molar-refractivity contribution in [1.82, 2.24) is 9.97 Å². The van der Waals surface area contributed by atoms with Crippen LogP contribution in [0.5, 0.6) is 0 Å². The van der Waals surface area contributed by atoms with Gasteiger partial charge in [-0.15, -0.1) is 11.8 Å². The first-order valence-electron chi connectivity index (χ1n) is 5.17. The van der Waals surface area contributed by atoms with E-state index in [4.69, 9.17) is 0 Å². The zero-order valence-electron chi connectivity index (χ0n) is 9.79. The Morgan fingerprint density at radius 3 is 2.81 bits per heavy atom. The zero-order valence-corrected chi connectivity index (χ0v) is 10.6. The highest BCUT2D eigenvalue weighted by Gasteiger charge is 1.99. The number of nitrogens with zero attached hydrogens (tertiary/aromatic N) is 4. The third-order valence-electron chi connectivity index (χ3n) is 1.88. The molecule has 1 aromatic rings. The van der Waals surface area contributed by atoms with Gasteiger partial charge in [0, 0.05) is 23.7 Å². The molecule has 1 heterocycles. The first-order valence-corrected chi connectivity index (χ1v) is 6.22. The molecule has 0 aliphatic rings. The number of aliphatic imine (C=N–C) groups is 2. The lowest BCUT2D eigenvalue weighted by molar-refractivity contribution is 0.800. The van der Waals surface area contributed by atoms with E-state index in [1.54, 1.807) is 24.2 Å². The van der Waals surface area contributed by atoms with Gasteiger partial charge in [0.1, 0.15) is 12.5 Å². The lowest BCUT2D eigenvalue weighted by Crippen LogP contribution is -2.02. The van der Waals surface area contributed by atoms with Crippen LogP contribution in [0, 0.1) is 0 Å². The van der Waals surface area contributed by atoms with E-state index in [1.165, 1.54) is 6.33 Å². The average Bonchev–Trinajstić information content (AvgIpc) is 2.30. The summed E-state index contributed by atoms with van der Waals surface area (Å²) in [5.41, 5.74) is 3.70. The van der Waals surface area contributed by atoms with Crippen molar-refractivity contribution in [3.63, 3.8) is 0 Å². The Bertz CT molecular complexity index is 362. The minimum atomic E-state index is -0.0562. The molecule has 0 saturated carbocycles. The molecular weight excluding hydrogens is 220 g/mol. The molecule has 0 N–H and O–H groups in total. The Balaban J connectivity index is 2.63. The Labute approximate surface area is 100 Å². The zero-order chi connectivity index (χ0) is 11.8. The molecule has 0 spiro atoms. The van der Waals surface area contributed by atoms with Gasteiger partial charge in [-0.25, -0.2) is 9.97 Å². The lowest BCUT2D eigenvalue weighted by Gasteiger charge is -2.03. The fraction of sp³-hybridized carbons (Fsp3) is 0.455. The SMILES string of the molecule is CCSC=NC(C)N=C(C)c1cncnc1. The van der Waals surface area contributed by atoms with Crippen molar-refractivity contribution in [1.29, 1.82) is 0 Å². The van der Waals surface area contributed by atoms with E-state index in [0.29, 0.717) is 0 Å². The van der Waals surface area contributed by atoms with E-state index in [2.05, 4.69) is 26.9 Å². The van der Waals surface area contributed by atoms with Crippen LogP contribution in [0.4, 0.5) is 0 Å². The van der Waals surface area contributed by atoms with E-state index < -0.39 is 0 Å². The summed E-state index contributed by atoms with van der Waals surface area (Å²) in [7, 11) is 0. The van der Waals surface area contributed by atoms with Gasteiger partial charge < -0.3 is 0 Å². The fourth-order valence-electron chi connectivity index (χ4n) is 1.08. The molecule has 1 unspecified atom stereocenters. The second kappa shape index (κ2) is 7.11. The van der Waals surface area contributed by atoms with E-state index in [0.717, 1.165) is 17.0 Å². The van der Waals surface area contributed by atoms with E-state index in [9.17, 15) is 0 Å². The third kappa shape index (κ3) is 4.53. The molecule has 0 aliphatic heterocycles. The van der Waals surface area contributed by atoms with E-state index in [1.807, 2.05) is 19.4 Å².